The maximum absolute atomic E-state index is 12.5. The lowest BCUT2D eigenvalue weighted by molar-refractivity contribution is -0.139. The lowest BCUT2D eigenvalue weighted by Gasteiger charge is -2.10. The van der Waals surface area contributed by atoms with Gasteiger partial charge in [-0.25, -0.2) is 13.8 Å². The van der Waals surface area contributed by atoms with Crippen LogP contribution in [0.15, 0.2) is 6.07 Å². The first kappa shape index (κ1) is 13.8. The van der Waals surface area contributed by atoms with E-state index in [1.807, 2.05) is 0 Å². The van der Waals surface area contributed by atoms with Gasteiger partial charge in [-0.2, -0.15) is 0 Å². The van der Waals surface area contributed by atoms with Gasteiger partial charge in [0, 0.05) is 6.54 Å². The highest BCUT2D eigenvalue weighted by Gasteiger charge is 2.18. The van der Waals surface area contributed by atoms with Gasteiger partial charge in [-0.15, -0.1) is 0 Å². The van der Waals surface area contributed by atoms with E-state index < -0.39 is 12.4 Å². The third kappa shape index (κ3) is 3.34. The van der Waals surface area contributed by atoms with Crippen LogP contribution in [-0.2, 0) is 22.5 Å². The van der Waals surface area contributed by atoms with Gasteiger partial charge >= 0.3 is 5.97 Å². The van der Waals surface area contributed by atoms with Crippen molar-refractivity contribution in [3.8, 4) is 0 Å². The van der Waals surface area contributed by atoms with Crippen molar-refractivity contribution in [1.82, 2.24) is 4.98 Å². The van der Waals surface area contributed by atoms with Crippen LogP contribution < -0.4 is 5.73 Å². The fourth-order valence-corrected chi connectivity index (χ4v) is 1.52. The Morgan fingerprint density at radius 2 is 2.29 bits per heavy atom. The zero-order chi connectivity index (χ0) is 13.0. The summed E-state index contributed by atoms with van der Waals surface area (Å²) in [6.45, 7) is -0.00375. The van der Waals surface area contributed by atoms with Crippen LogP contribution in [0.1, 0.15) is 23.2 Å². The molecule has 0 saturated heterocycles. The number of hydrogen-bond acceptors (Lipinski definition) is 4. The van der Waals surface area contributed by atoms with E-state index in [4.69, 9.17) is 17.3 Å². The molecule has 1 aromatic heterocycles. The minimum absolute atomic E-state index is 0.00375. The van der Waals surface area contributed by atoms with Crippen molar-refractivity contribution < 1.29 is 18.3 Å². The van der Waals surface area contributed by atoms with Crippen LogP contribution in [-0.4, -0.2) is 18.1 Å². The quantitative estimate of drug-likeness (QED) is 0.666. The molecular weight excluding hydrogens is 254 g/mol. The van der Waals surface area contributed by atoms with E-state index in [9.17, 15) is 13.6 Å². The van der Waals surface area contributed by atoms with Gasteiger partial charge in [0.2, 0.25) is 0 Å². The molecule has 0 amide bonds. The van der Waals surface area contributed by atoms with Gasteiger partial charge in [0.1, 0.15) is 5.15 Å². The molecule has 0 atom stereocenters. The normalized spacial score (nSPS) is 10.7. The lowest BCUT2D eigenvalue weighted by Crippen LogP contribution is -2.12. The number of nitrogens with zero attached hydrogens (tertiary/aromatic N) is 1. The molecule has 1 aromatic rings. The molecule has 0 fully saturated rings. The van der Waals surface area contributed by atoms with Gasteiger partial charge in [0.15, 0.2) is 0 Å². The summed E-state index contributed by atoms with van der Waals surface area (Å²) in [5.74, 6) is -0.534. The van der Waals surface area contributed by atoms with Crippen LogP contribution in [0.25, 0.3) is 0 Å². The number of pyridine rings is 1. The highest BCUT2D eigenvalue weighted by Crippen LogP contribution is 2.27. The molecule has 2 N–H and O–H groups in total. The summed E-state index contributed by atoms with van der Waals surface area (Å²) >= 11 is 5.60. The lowest BCUT2D eigenvalue weighted by atomic mass is 10.1. The van der Waals surface area contributed by atoms with Gasteiger partial charge < -0.3 is 10.5 Å². The Morgan fingerprint density at radius 3 is 2.76 bits per heavy atom. The van der Waals surface area contributed by atoms with E-state index in [1.165, 1.54) is 7.11 Å². The molecule has 0 aliphatic rings. The number of methoxy groups -OCH3 is 1. The monoisotopic (exact) mass is 264 g/mol. The first-order valence-electron chi connectivity index (χ1n) is 4.72. The van der Waals surface area contributed by atoms with Gasteiger partial charge in [-0.1, -0.05) is 11.6 Å². The molecule has 7 heteroatoms. The van der Waals surface area contributed by atoms with Crippen LogP contribution >= 0.6 is 11.6 Å². The molecule has 0 aliphatic carbocycles. The minimum atomic E-state index is -2.73. The average Bonchev–Trinajstić information content (AvgIpc) is 2.28. The highest BCUT2D eigenvalue weighted by atomic mass is 35.5. The second kappa shape index (κ2) is 5.88. The van der Waals surface area contributed by atoms with E-state index in [0.717, 1.165) is 6.07 Å². The van der Waals surface area contributed by atoms with Gasteiger partial charge in [0.25, 0.3) is 6.43 Å². The Hall–Kier alpha value is -1.27. The molecule has 1 rings (SSSR count). The van der Waals surface area contributed by atoms with E-state index >= 15 is 0 Å². The summed E-state index contributed by atoms with van der Waals surface area (Å²) in [6.07, 6.45) is -2.88. The Kier molecular flexibility index (Phi) is 4.77. The molecule has 17 heavy (non-hydrogen) atoms. The topological polar surface area (TPSA) is 65.2 Å². The van der Waals surface area contributed by atoms with Crippen molar-refractivity contribution in [2.24, 2.45) is 5.73 Å². The van der Waals surface area contributed by atoms with Crippen LogP contribution in [0, 0.1) is 0 Å². The Bertz CT molecular complexity index is 427. The molecule has 0 aliphatic heterocycles. The summed E-state index contributed by atoms with van der Waals surface area (Å²) < 4.78 is 29.6. The first-order chi connectivity index (χ1) is 7.99. The molecule has 94 valence electrons. The predicted octanol–water partition coefficient (Wildman–Crippen LogP) is 1.85. The van der Waals surface area contributed by atoms with E-state index in [-0.39, 0.29) is 29.4 Å². The van der Waals surface area contributed by atoms with Crippen molar-refractivity contribution in [2.75, 3.05) is 7.11 Å². The summed E-state index contributed by atoms with van der Waals surface area (Å²) in [4.78, 5) is 14.8. The molecule has 0 saturated carbocycles. The Morgan fingerprint density at radius 1 is 1.65 bits per heavy atom. The van der Waals surface area contributed by atoms with Crippen molar-refractivity contribution in [3.05, 3.63) is 28.0 Å². The molecule has 0 aromatic carbocycles. The summed E-state index contributed by atoms with van der Waals surface area (Å²) in [5.41, 5.74) is 5.63. The fraction of sp³-hybridized carbons (Fsp3) is 0.400. The molecule has 1 heterocycles. The van der Waals surface area contributed by atoms with Crippen molar-refractivity contribution in [1.29, 1.82) is 0 Å². The number of alkyl halides is 2. The number of carbonyl (C=O) groups is 1. The third-order valence-corrected chi connectivity index (χ3v) is 2.47. The zero-order valence-corrected chi connectivity index (χ0v) is 9.80. The first-order valence-corrected chi connectivity index (χ1v) is 5.10. The number of carbonyl (C=O) groups excluding carboxylic acids is 1. The highest BCUT2D eigenvalue weighted by molar-refractivity contribution is 6.30. The van der Waals surface area contributed by atoms with Gasteiger partial charge in [-0.3, -0.25) is 4.79 Å². The number of hydrogen-bond donors (Lipinski definition) is 1. The second-order valence-electron chi connectivity index (χ2n) is 3.23. The molecule has 0 spiro atoms. The summed E-state index contributed by atoms with van der Waals surface area (Å²) in [5, 5.41) is -0.323. The van der Waals surface area contributed by atoms with Crippen molar-refractivity contribution in [2.45, 2.75) is 19.4 Å². The smallest absolute Gasteiger partial charge is 0.311 e. The Labute approximate surface area is 102 Å². The average molecular weight is 265 g/mol. The van der Waals surface area contributed by atoms with Crippen LogP contribution in [0.3, 0.4) is 0 Å². The van der Waals surface area contributed by atoms with Crippen molar-refractivity contribution in [3.63, 3.8) is 0 Å². The maximum atomic E-state index is 12.5. The van der Waals surface area contributed by atoms with Crippen LogP contribution in [0.2, 0.25) is 5.15 Å². The Balaban J connectivity index is 3.14. The number of halogens is 3. The molecule has 4 nitrogen and oxygen atoms in total. The molecular formula is C10H11ClF2N2O2. The van der Waals surface area contributed by atoms with Gasteiger partial charge in [-0.05, 0) is 11.6 Å². The zero-order valence-electron chi connectivity index (χ0n) is 9.04. The van der Waals surface area contributed by atoms with E-state index in [0.29, 0.717) is 5.56 Å². The molecule has 0 bridgehead atoms. The maximum Gasteiger partial charge on any atom is 0.311 e. The summed E-state index contributed by atoms with van der Waals surface area (Å²) in [7, 11) is 1.22. The number of nitrogens with two attached hydrogens (primary N) is 1. The van der Waals surface area contributed by atoms with Crippen LogP contribution in [0.4, 0.5) is 8.78 Å². The van der Waals surface area contributed by atoms with E-state index in [1.54, 1.807) is 0 Å². The second-order valence-corrected chi connectivity index (χ2v) is 3.59. The number of esters is 1. The largest absolute Gasteiger partial charge is 0.469 e. The molecule has 0 radical (unpaired) electrons. The standard InChI is InChI=1S/C10H11ClF2N2O2/c1-17-8(16)3-7-5(4-14)2-6(10(12)13)9(11)15-7/h2,10H,3-4,14H2,1H3. The van der Waals surface area contributed by atoms with Crippen molar-refractivity contribution >= 4 is 17.6 Å². The number of rotatable bonds is 4. The van der Waals surface area contributed by atoms with Crippen LogP contribution in [0.5, 0.6) is 0 Å². The minimum Gasteiger partial charge on any atom is -0.469 e. The number of ether oxygens (including phenoxy) is 1. The number of aromatic nitrogens is 1. The van der Waals surface area contributed by atoms with Gasteiger partial charge in [0.05, 0.1) is 24.8 Å². The third-order valence-electron chi connectivity index (χ3n) is 2.17. The fourth-order valence-electron chi connectivity index (χ4n) is 1.28. The van der Waals surface area contributed by atoms with E-state index in [2.05, 4.69) is 9.72 Å². The molecule has 0 unspecified atom stereocenters. The SMILES string of the molecule is COC(=O)Cc1nc(Cl)c(C(F)F)cc1CN. The summed E-state index contributed by atoms with van der Waals surface area (Å²) in [6, 6.07) is 1.16. The predicted molar refractivity (Wildman–Crippen MR) is 57.8 cm³/mol.